The second-order valence-corrected chi connectivity index (χ2v) is 7.85. The molecule has 4 atom stereocenters. The average molecular weight is 489 g/mol. The van der Waals surface area contributed by atoms with Crippen molar-refractivity contribution in [2.45, 2.75) is 44.8 Å². The van der Waals surface area contributed by atoms with Crippen LogP contribution in [0.15, 0.2) is 43.0 Å². The summed E-state index contributed by atoms with van der Waals surface area (Å²) >= 11 is 6.10. The number of carbonyl (C=O) groups is 3. The molecule has 1 fully saturated rings. The van der Waals surface area contributed by atoms with Gasteiger partial charge in [0.25, 0.3) is 0 Å². The Kier molecular flexibility index (Phi) is 7.03. The van der Waals surface area contributed by atoms with E-state index in [0.717, 1.165) is 0 Å². The summed E-state index contributed by atoms with van der Waals surface area (Å²) in [5, 5.41) is 0.145. The molecule has 1 aromatic carbocycles. The van der Waals surface area contributed by atoms with Crippen molar-refractivity contribution >= 4 is 40.7 Å². The lowest BCUT2D eigenvalue weighted by Crippen LogP contribution is -2.39. The van der Waals surface area contributed by atoms with Crippen LogP contribution < -0.4 is 0 Å². The van der Waals surface area contributed by atoms with Crippen LogP contribution in [0.5, 0.6) is 0 Å². The fourth-order valence-electron chi connectivity index (χ4n) is 3.75. The first-order valence-corrected chi connectivity index (χ1v) is 10.8. The Morgan fingerprint density at radius 2 is 1.74 bits per heavy atom. The topological polar surface area (TPSA) is 132 Å². The Bertz CT molecular complexity index is 1200. The van der Waals surface area contributed by atoms with Gasteiger partial charge in [-0.1, -0.05) is 29.8 Å². The van der Waals surface area contributed by atoms with E-state index in [1.807, 2.05) is 0 Å². The van der Waals surface area contributed by atoms with Gasteiger partial charge in [-0.25, -0.2) is 19.7 Å². The molecular formula is C22H21ClN4O7. The third kappa shape index (κ3) is 5.00. The Morgan fingerprint density at radius 1 is 1.03 bits per heavy atom. The number of halogens is 1. The zero-order valence-corrected chi connectivity index (χ0v) is 19.0. The molecular weight excluding hydrogens is 468 g/mol. The molecule has 0 saturated carbocycles. The van der Waals surface area contributed by atoms with E-state index in [9.17, 15) is 14.4 Å². The van der Waals surface area contributed by atoms with E-state index in [1.165, 1.54) is 31.1 Å². The summed E-state index contributed by atoms with van der Waals surface area (Å²) in [6, 6.07) is 8.53. The summed E-state index contributed by atoms with van der Waals surface area (Å²) < 4.78 is 24.0. The summed E-state index contributed by atoms with van der Waals surface area (Å²) in [6.07, 6.45) is -0.792. The minimum Gasteiger partial charge on any atom is -0.462 e. The van der Waals surface area contributed by atoms with Crippen molar-refractivity contribution in [2.75, 3.05) is 6.61 Å². The van der Waals surface area contributed by atoms with Crippen LogP contribution in [0.25, 0.3) is 11.2 Å². The predicted octanol–water partition coefficient (Wildman–Crippen LogP) is 2.49. The van der Waals surface area contributed by atoms with Crippen molar-refractivity contribution in [1.29, 1.82) is 0 Å². The molecule has 0 N–H and O–H groups in total. The minimum absolute atomic E-state index is 0.0195. The maximum atomic E-state index is 12.3. The molecule has 2 aromatic heterocycles. The second-order valence-electron chi connectivity index (χ2n) is 7.49. The Labute approximate surface area is 198 Å². The first-order valence-electron chi connectivity index (χ1n) is 10.4. The highest BCUT2D eigenvalue weighted by molar-refractivity contribution is 6.33. The van der Waals surface area contributed by atoms with Gasteiger partial charge in [0.05, 0.1) is 18.5 Å². The largest absolute Gasteiger partial charge is 0.462 e. The van der Waals surface area contributed by atoms with Crippen LogP contribution in [0.4, 0.5) is 0 Å². The van der Waals surface area contributed by atoms with Gasteiger partial charge in [-0.3, -0.25) is 14.2 Å². The van der Waals surface area contributed by atoms with Crippen molar-refractivity contribution < 1.29 is 33.3 Å². The number of esters is 3. The van der Waals surface area contributed by atoms with Crippen LogP contribution in [0.3, 0.4) is 0 Å². The molecule has 3 aromatic rings. The van der Waals surface area contributed by atoms with Crippen LogP contribution in [0.1, 0.15) is 36.9 Å². The number of hydrogen-bond acceptors (Lipinski definition) is 10. The highest BCUT2D eigenvalue weighted by atomic mass is 35.5. The monoisotopic (exact) mass is 488 g/mol. The van der Waals surface area contributed by atoms with Crippen LogP contribution in [0, 0.1) is 0 Å². The fourth-order valence-corrected chi connectivity index (χ4v) is 3.93. The Morgan fingerprint density at radius 3 is 2.44 bits per heavy atom. The van der Waals surface area contributed by atoms with Gasteiger partial charge in [0, 0.05) is 20.3 Å². The molecule has 0 amide bonds. The van der Waals surface area contributed by atoms with E-state index in [0.29, 0.717) is 16.7 Å². The molecule has 3 heterocycles. The van der Waals surface area contributed by atoms with Gasteiger partial charge in [-0.15, -0.1) is 0 Å². The molecule has 12 heteroatoms. The normalized spacial score (nSPS) is 21.9. The predicted molar refractivity (Wildman–Crippen MR) is 117 cm³/mol. The van der Waals surface area contributed by atoms with Crippen LogP contribution in [-0.4, -0.2) is 62.3 Å². The number of aromatic nitrogens is 4. The molecule has 0 aliphatic carbocycles. The quantitative estimate of drug-likeness (QED) is 0.277. The molecule has 1 aliphatic heterocycles. The summed E-state index contributed by atoms with van der Waals surface area (Å²) in [4.78, 5) is 48.3. The van der Waals surface area contributed by atoms with Crippen molar-refractivity contribution in [3.63, 3.8) is 0 Å². The minimum atomic E-state index is -1.01. The molecule has 0 radical (unpaired) electrons. The van der Waals surface area contributed by atoms with E-state index in [1.54, 1.807) is 30.3 Å². The Balaban J connectivity index is 1.57. The fraction of sp³-hybridized carbons (Fsp3) is 0.364. The van der Waals surface area contributed by atoms with Crippen LogP contribution >= 0.6 is 11.6 Å². The van der Waals surface area contributed by atoms with Gasteiger partial charge in [0.15, 0.2) is 29.2 Å². The molecule has 4 rings (SSSR count). The van der Waals surface area contributed by atoms with Crippen molar-refractivity contribution in [2.24, 2.45) is 0 Å². The maximum Gasteiger partial charge on any atom is 0.338 e. The third-order valence-electron chi connectivity index (χ3n) is 5.12. The number of ether oxygens (including phenoxy) is 4. The van der Waals surface area contributed by atoms with Gasteiger partial charge < -0.3 is 18.9 Å². The highest BCUT2D eigenvalue weighted by Crippen LogP contribution is 2.37. The molecule has 34 heavy (non-hydrogen) atoms. The number of hydrogen-bond donors (Lipinski definition) is 0. The molecule has 0 bridgehead atoms. The average Bonchev–Trinajstić information content (AvgIpc) is 3.37. The number of fused-ring (bicyclic) bond motifs is 1. The second kappa shape index (κ2) is 10.1. The lowest BCUT2D eigenvalue weighted by Gasteiger charge is -2.23. The van der Waals surface area contributed by atoms with E-state index < -0.39 is 42.4 Å². The van der Waals surface area contributed by atoms with Gasteiger partial charge >= 0.3 is 17.9 Å². The van der Waals surface area contributed by atoms with Gasteiger partial charge in [-0.05, 0) is 12.1 Å². The lowest BCUT2D eigenvalue weighted by molar-refractivity contribution is -0.165. The van der Waals surface area contributed by atoms with Crippen molar-refractivity contribution in [3.05, 3.63) is 53.7 Å². The number of nitrogens with zero attached hydrogens (tertiary/aromatic N) is 4. The van der Waals surface area contributed by atoms with E-state index in [2.05, 4.69) is 15.0 Å². The zero-order valence-electron chi connectivity index (χ0n) is 18.3. The molecule has 1 aliphatic rings. The summed E-state index contributed by atoms with van der Waals surface area (Å²) in [5.74, 6) is -1.68. The third-order valence-corrected chi connectivity index (χ3v) is 5.40. The summed E-state index contributed by atoms with van der Waals surface area (Å²) in [5.41, 5.74) is 1.09. The standard InChI is InChI=1S/C22H21ClN4O7/c1-12(28)32-17-15(8-9-31-22(30)14-6-4-3-5-7-14)34-21(18(17)33-13(2)29)27-11-26-16-19(23)24-10-25-20(16)27/h3-7,10-11,15,17-18,21H,8-9H2,1-2H3/t15-,17?,18+,21-/m1/s1. The van der Waals surface area contributed by atoms with Crippen LogP contribution in [-0.2, 0) is 28.5 Å². The van der Waals surface area contributed by atoms with Gasteiger partial charge in [0.1, 0.15) is 17.9 Å². The van der Waals surface area contributed by atoms with E-state index in [-0.39, 0.29) is 18.2 Å². The lowest BCUT2D eigenvalue weighted by atomic mass is 10.1. The molecule has 1 unspecified atom stereocenters. The zero-order chi connectivity index (χ0) is 24.2. The number of benzene rings is 1. The maximum absolute atomic E-state index is 12.3. The van der Waals surface area contributed by atoms with Gasteiger partial charge in [-0.2, -0.15) is 0 Å². The van der Waals surface area contributed by atoms with E-state index in [4.69, 9.17) is 30.5 Å². The van der Waals surface area contributed by atoms with Crippen molar-refractivity contribution in [1.82, 2.24) is 19.5 Å². The SMILES string of the molecule is CC(=O)OC1[C@@H](CCOC(=O)c2ccccc2)O[C@@H](n2cnc3c(Cl)ncnc32)[C@H]1OC(C)=O. The first kappa shape index (κ1) is 23.6. The van der Waals surface area contributed by atoms with E-state index >= 15 is 0 Å². The van der Waals surface area contributed by atoms with Gasteiger partial charge in [0.2, 0.25) is 0 Å². The number of rotatable bonds is 7. The molecule has 11 nitrogen and oxygen atoms in total. The van der Waals surface area contributed by atoms with Crippen molar-refractivity contribution in [3.8, 4) is 0 Å². The molecule has 1 saturated heterocycles. The Hall–Kier alpha value is -3.57. The summed E-state index contributed by atoms with van der Waals surface area (Å²) in [6.45, 7) is 2.46. The highest BCUT2D eigenvalue weighted by Gasteiger charge is 2.50. The molecule has 0 spiro atoms. The smallest absolute Gasteiger partial charge is 0.338 e. The number of carbonyl (C=O) groups excluding carboxylic acids is 3. The number of imidazole rings is 1. The first-order chi connectivity index (χ1) is 16.3. The summed E-state index contributed by atoms with van der Waals surface area (Å²) in [7, 11) is 0. The molecule has 178 valence electrons. The van der Waals surface area contributed by atoms with Crippen LogP contribution in [0.2, 0.25) is 5.15 Å².